The first-order valence-corrected chi connectivity index (χ1v) is 10.9. The zero-order chi connectivity index (χ0) is 20.0. The van der Waals surface area contributed by atoms with E-state index in [0.29, 0.717) is 17.5 Å². The van der Waals surface area contributed by atoms with E-state index in [1.54, 1.807) is 34.0 Å². The molecule has 0 spiro atoms. The first-order valence-electron chi connectivity index (χ1n) is 9.29. The highest BCUT2D eigenvalue weighted by molar-refractivity contribution is 7.99. The van der Waals surface area contributed by atoms with E-state index in [2.05, 4.69) is 35.2 Å². The second kappa shape index (κ2) is 7.17. The molecule has 144 valence electrons. The van der Waals surface area contributed by atoms with Gasteiger partial charge < -0.3 is 4.90 Å². The van der Waals surface area contributed by atoms with E-state index < -0.39 is 0 Å². The second-order valence-electron chi connectivity index (χ2n) is 7.16. The van der Waals surface area contributed by atoms with E-state index in [1.165, 1.54) is 11.3 Å². The van der Waals surface area contributed by atoms with Gasteiger partial charge in [-0.05, 0) is 24.1 Å². The third-order valence-corrected chi connectivity index (χ3v) is 7.38. The Kier molecular flexibility index (Phi) is 4.49. The number of rotatable bonds is 4. The van der Waals surface area contributed by atoms with Gasteiger partial charge in [-0.1, -0.05) is 36.9 Å². The van der Waals surface area contributed by atoms with Gasteiger partial charge in [0.05, 0.1) is 10.9 Å². The molecule has 2 aromatic heterocycles. The number of nitrogens with zero attached hydrogens (tertiary/aromatic N) is 5. The van der Waals surface area contributed by atoms with Crippen LogP contribution in [-0.4, -0.2) is 44.4 Å². The first-order chi connectivity index (χ1) is 14.2. The molecule has 8 heteroatoms. The highest BCUT2D eigenvalue weighted by atomic mass is 32.2. The molecule has 2 unspecified atom stereocenters. The maximum atomic E-state index is 13.0. The summed E-state index contributed by atoms with van der Waals surface area (Å²) >= 11 is 3.04. The quantitative estimate of drug-likeness (QED) is 0.471. The number of fused-ring (bicyclic) bond motifs is 1. The molecular weight excluding hydrogens is 402 g/mol. The molecule has 0 aliphatic carbocycles. The molecule has 6 nitrogen and oxygen atoms in total. The van der Waals surface area contributed by atoms with Crippen molar-refractivity contribution in [2.45, 2.75) is 28.9 Å². The fourth-order valence-corrected chi connectivity index (χ4v) is 5.80. The molecular formula is C21H17N5OS2. The summed E-state index contributed by atoms with van der Waals surface area (Å²) in [6.07, 6.45) is 7.43. The van der Waals surface area contributed by atoms with Gasteiger partial charge in [0.1, 0.15) is 6.17 Å². The molecule has 3 atom stereocenters. The van der Waals surface area contributed by atoms with E-state index in [0.717, 1.165) is 20.2 Å². The van der Waals surface area contributed by atoms with Gasteiger partial charge in [-0.3, -0.25) is 14.7 Å². The van der Waals surface area contributed by atoms with Crippen molar-refractivity contribution in [1.29, 1.82) is 5.26 Å². The van der Waals surface area contributed by atoms with Crippen molar-refractivity contribution < 1.29 is 4.79 Å². The van der Waals surface area contributed by atoms with Crippen LogP contribution in [0.25, 0.3) is 10.4 Å². The minimum Gasteiger partial charge on any atom is -0.306 e. The van der Waals surface area contributed by atoms with Crippen LogP contribution in [0.4, 0.5) is 0 Å². The van der Waals surface area contributed by atoms with Gasteiger partial charge in [-0.25, -0.2) is 4.98 Å². The lowest BCUT2D eigenvalue weighted by Crippen LogP contribution is -2.30. The van der Waals surface area contributed by atoms with Gasteiger partial charge >= 0.3 is 0 Å². The predicted molar refractivity (Wildman–Crippen MR) is 111 cm³/mol. The molecule has 4 heterocycles. The normalized spacial score (nSPS) is 22.3. The van der Waals surface area contributed by atoms with Crippen molar-refractivity contribution in [2.75, 3.05) is 6.54 Å². The highest BCUT2D eigenvalue weighted by Gasteiger charge is 2.62. The number of hydrogen-bond acceptors (Lipinski definition) is 7. The molecule has 0 saturated carbocycles. The Balaban J connectivity index is 1.39. The van der Waals surface area contributed by atoms with E-state index in [-0.39, 0.29) is 18.1 Å². The van der Waals surface area contributed by atoms with Crippen LogP contribution in [0.1, 0.15) is 16.7 Å². The summed E-state index contributed by atoms with van der Waals surface area (Å²) in [6, 6.07) is 12.3. The minimum absolute atomic E-state index is 0.0933. The molecule has 0 N–H and O–H groups in total. The summed E-state index contributed by atoms with van der Waals surface area (Å²) in [5, 5.41) is 9.73. The summed E-state index contributed by atoms with van der Waals surface area (Å²) in [5.41, 5.74) is 0.968. The van der Waals surface area contributed by atoms with Crippen LogP contribution in [-0.2, 0) is 0 Å². The van der Waals surface area contributed by atoms with E-state index in [9.17, 15) is 10.1 Å². The van der Waals surface area contributed by atoms with Crippen LogP contribution in [0, 0.1) is 17.4 Å². The Morgan fingerprint density at radius 1 is 1.28 bits per heavy atom. The lowest BCUT2D eigenvalue weighted by Gasteiger charge is -2.16. The number of benzene rings is 1. The summed E-state index contributed by atoms with van der Waals surface area (Å²) in [5.74, 6) is 0.208. The molecule has 2 saturated heterocycles. The monoisotopic (exact) mass is 419 g/mol. The Hall–Kier alpha value is -2.89. The number of likely N-dealkylation sites (tertiary alicyclic amines) is 1. The van der Waals surface area contributed by atoms with Gasteiger partial charge in [0.2, 0.25) is 0 Å². The van der Waals surface area contributed by atoms with E-state index >= 15 is 0 Å². The van der Waals surface area contributed by atoms with Crippen molar-refractivity contribution in [1.82, 2.24) is 19.8 Å². The molecule has 2 aliphatic heterocycles. The van der Waals surface area contributed by atoms with Crippen molar-refractivity contribution >= 4 is 29.0 Å². The van der Waals surface area contributed by atoms with Crippen LogP contribution < -0.4 is 0 Å². The summed E-state index contributed by atoms with van der Waals surface area (Å²) in [7, 11) is 0. The van der Waals surface area contributed by atoms with Gasteiger partial charge in [0.25, 0.3) is 5.91 Å². The number of pyridine rings is 1. The Morgan fingerprint density at radius 3 is 2.90 bits per heavy atom. The number of thiazole rings is 1. The lowest BCUT2D eigenvalue weighted by molar-refractivity contribution is 0.0816. The van der Waals surface area contributed by atoms with Crippen molar-refractivity contribution in [3.05, 3.63) is 60.0 Å². The summed E-state index contributed by atoms with van der Waals surface area (Å²) < 4.78 is 0. The van der Waals surface area contributed by atoms with Crippen molar-refractivity contribution in [3.8, 4) is 16.6 Å². The van der Waals surface area contributed by atoms with Gasteiger partial charge in [-0.15, -0.1) is 11.3 Å². The second-order valence-corrected chi connectivity index (χ2v) is 9.31. The predicted octanol–water partition coefficient (Wildman–Crippen LogP) is 3.94. The number of carbonyl (C=O) groups excluding carboxylic acids is 1. The molecule has 2 fully saturated rings. The molecule has 29 heavy (non-hydrogen) atoms. The zero-order valence-corrected chi connectivity index (χ0v) is 17.2. The van der Waals surface area contributed by atoms with E-state index in [1.807, 2.05) is 30.5 Å². The first kappa shape index (κ1) is 18.2. The molecule has 1 amide bonds. The molecule has 0 bridgehead atoms. The maximum Gasteiger partial charge on any atom is 0.284 e. The average molecular weight is 420 g/mol. The molecule has 1 aromatic carbocycles. The lowest BCUT2D eigenvalue weighted by atomic mass is 10.1. The molecule has 5 rings (SSSR count). The number of amides is 1. The van der Waals surface area contributed by atoms with Crippen molar-refractivity contribution in [3.63, 3.8) is 0 Å². The van der Waals surface area contributed by atoms with Crippen LogP contribution >= 0.6 is 23.1 Å². The molecule has 3 aromatic rings. The van der Waals surface area contributed by atoms with Crippen LogP contribution in [0.3, 0.4) is 0 Å². The summed E-state index contributed by atoms with van der Waals surface area (Å²) in [4.78, 5) is 28.2. The standard InChI is InChI=1S/C21H17N5OS2/c1-13-11-25(12-22)20-18(13)26(20)21(27)19-24-10-17(29-19)15-9-23-8-7-16(15)28-14-5-3-2-4-6-14/h2-10,13,18,20H,11H2,1H3/t13?,18-,20?,26?/m1/s1. The van der Waals surface area contributed by atoms with Gasteiger partial charge in [-0.2, -0.15) is 5.26 Å². The fourth-order valence-electron chi connectivity index (χ4n) is 3.90. The SMILES string of the molecule is CC1CN(C#N)C2[C@@H]1N2C(=O)c1ncc(-c2cnccc2Sc2ccccc2)s1. The molecule has 0 radical (unpaired) electrons. The largest absolute Gasteiger partial charge is 0.306 e. The van der Waals surface area contributed by atoms with Crippen LogP contribution in [0.5, 0.6) is 0 Å². The van der Waals surface area contributed by atoms with Crippen molar-refractivity contribution in [2.24, 2.45) is 5.92 Å². The third kappa shape index (κ3) is 3.16. The Morgan fingerprint density at radius 2 is 2.10 bits per heavy atom. The van der Waals surface area contributed by atoms with Crippen LogP contribution in [0.15, 0.2) is 64.8 Å². The Bertz CT molecular complexity index is 1110. The zero-order valence-electron chi connectivity index (χ0n) is 15.6. The van der Waals surface area contributed by atoms with Crippen LogP contribution in [0.2, 0.25) is 0 Å². The number of aromatic nitrogens is 2. The molecule has 2 aliphatic rings. The topological polar surface area (TPSA) is 72.9 Å². The number of nitriles is 1. The average Bonchev–Trinajstić information content (AvgIpc) is 3.12. The summed E-state index contributed by atoms with van der Waals surface area (Å²) in [6.45, 7) is 2.80. The van der Waals surface area contributed by atoms with E-state index in [4.69, 9.17) is 0 Å². The number of hydrogen-bond donors (Lipinski definition) is 0. The minimum atomic E-state index is -0.0996. The smallest absolute Gasteiger partial charge is 0.284 e. The fraction of sp³-hybridized carbons (Fsp3) is 0.238. The Labute approximate surface area is 176 Å². The van der Waals surface area contributed by atoms with Gasteiger partial charge in [0, 0.05) is 40.5 Å². The number of carbonyl (C=O) groups is 1. The third-order valence-electron chi connectivity index (χ3n) is 5.28. The van der Waals surface area contributed by atoms with Gasteiger partial charge in [0.15, 0.2) is 11.2 Å². The highest BCUT2D eigenvalue weighted by Crippen LogP contribution is 2.45. The maximum absolute atomic E-state index is 13.0.